The van der Waals surface area contributed by atoms with Gasteiger partial charge in [-0.3, -0.25) is 0 Å². The fourth-order valence-corrected chi connectivity index (χ4v) is 0.321. The van der Waals surface area contributed by atoms with Crippen molar-refractivity contribution < 1.29 is 17.0 Å². The first-order chi connectivity index (χ1) is 3.91. The molecule has 0 amide bonds. The van der Waals surface area contributed by atoms with Gasteiger partial charge in [0.25, 0.3) is 0 Å². The van der Waals surface area contributed by atoms with Crippen LogP contribution in [0.1, 0.15) is 0 Å². The van der Waals surface area contributed by atoms with E-state index in [1.165, 1.54) is 0 Å². The van der Waals surface area contributed by atoms with E-state index in [0.717, 1.165) is 0 Å². The molecule has 0 aliphatic heterocycles. The van der Waals surface area contributed by atoms with Crippen molar-refractivity contribution in [2.75, 3.05) is 0 Å². The third-order valence-corrected chi connectivity index (χ3v) is 0.556. The molecule has 0 aromatic heterocycles. The first kappa shape index (κ1) is 12.3. The second kappa shape index (κ2) is 11.4. The summed E-state index contributed by atoms with van der Waals surface area (Å²) in [6, 6.07) is 10.0. The molecule has 0 unspecified atom stereocenters. The number of rotatable bonds is 0. The average Bonchev–Trinajstić information content (AvgIpc) is 2.17. The Morgan fingerprint density at radius 3 is 1.56 bits per heavy atom. The molecule has 0 bridgehead atoms. The van der Waals surface area contributed by atoms with E-state index < -0.39 is 17.0 Å². The summed E-state index contributed by atoms with van der Waals surface area (Å²) in [4.78, 5) is 0. The Labute approximate surface area is 73.2 Å². The molecule has 3 heteroatoms. The minimum Gasteiger partial charge on any atom is -0.214 e. The molecule has 0 radical (unpaired) electrons. The molecular formula is C6H8Cl2Ti-2. The molecule has 0 spiro atoms. The number of hydrogen-bond acceptors (Lipinski definition) is 0. The van der Waals surface area contributed by atoms with Crippen LogP contribution in [0, 0.1) is 7.43 Å². The van der Waals surface area contributed by atoms with E-state index in [9.17, 15) is 0 Å². The van der Waals surface area contributed by atoms with Gasteiger partial charge in [0.1, 0.15) is 0 Å². The third kappa shape index (κ3) is 12.0. The van der Waals surface area contributed by atoms with Gasteiger partial charge < -0.3 is 7.43 Å². The Morgan fingerprint density at radius 1 is 1.11 bits per heavy atom. The summed E-state index contributed by atoms with van der Waals surface area (Å²) in [5.74, 6) is 0. The van der Waals surface area contributed by atoms with Gasteiger partial charge in [0.2, 0.25) is 0 Å². The van der Waals surface area contributed by atoms with E-state index in [2.05, 4.69) is 0 Å². The third-order valence-electron chi connectivity index (χ3n) is 0.556. The minimum atomic E-state index is -0.556. The fourth-order valence-electron chi connectivity index (χ4n) is 0.321. The SMILES string of the molecule is [CH3-].[Cl][Ti][Cl].c1cc[cH-]c1. The molecule has 0 atom stereocenters. The van der Waals surface area contributed by atoms with Crippen LogP contribution in [0.15, 0.2) is 30.3 Å². The summed E-state index contributed by atoms with van der Waals surface area (Å²) in [6.07, 6.45) is 0. The van der Waals surface area contributed by atoms with E-state index in [-0.39, 0.29) is 7.43 Å². The van der Waals surface area contributed by atoms with Gasteiger partial charge in [-0.05, 0) is 0 Å². The van der Waals surface area contributed by atoms with Crippen LogP contribution in [0.25, 0.3) is 0 Å². The van der Waals surface area contributed by atoms with Gasteiger partial charge in [0, 0.05) is 0 Å². The normalized spacial score (nSPS) is 6.00. The van der Waals surface area contributed by atoms with Crippen LogP contribution in [0.3, 0.4) is 0 Å². The van der Waals surface area contributed by atoms with Gasteiger partial charge in [-0.15, -0.1) is 0 Å². The zero-order valence-electron chi connectivity index (χ0n) is 5.14. The molecule has 1 rings (SSSR count). The Morgan fingerprint density at radius 2 is 1.44 bits per heavy atom. The minimum absolute atomic E-state index is 0. The standard InChI is InChI=1S/C5H5.CH3.2ClH.Ti/c1-2-4-5-3-1;;;;/h1-5H;1H3;2*1H;/q2*-1;;;+2/p-2. The average molecular weight is 199 g/mol. The van der Waals surface area contributed by atoms with Gasteiger partial charge in [-0.1, -0.05) is 0 Å². The second-order valence-corrected chi connectivity index (χ2v) is 3.61. The first-order valence-corrected chi connectivity index (χ1v) is 6.34. The Kier molecular flexibility index (Phi) is 15.7. The van der Waals surface area contributed by atoms with Crippen LogP contribution in [-0.4, -0.2) is 0 Å². The van der Waals surface area contributed by atoms with Crippen molar-refractivity contribution in [2.24, 2.45) is 0 Å². The van der Waals surface area contributed by atoms with Crippen molar-refractivity contribution in [1.82, 2.24) is 0 Å². The number of halogens is 2. The number of hydrogen-bond donors (Lipinski definition) is 0. The van der Waals surface area contributed by atoms with E-state index in [4.69, 9.17) is 18.6 Å². The summed E-state index contributed by atoms with van der Waals surface area (Å²) in [7, 11) is 9.78. The second-order valence-electron chi connectivity index (χ2n) is 1.03. The molecule has 0 heterocycles. The monoisotopic (exact) mass is 198 g/mol. The molecule has 0 saturated carbocycles. The van der Waals surface area contributed by atoms with Crippen molar-refractivity contribution in [2.45, 2.75) is 0 Å². The van der Waals surface area contributed by atoms with Crippen LogP contribution in [0.5, 0.6) is 0 Å². The van der Waals surface area contributed by atoms with Gasteiger partial charge >= 0.3 is 35.6 Å². The van der Waals surface area contributed by atoms with Crippen LogP contribution in [0.2, 0.25) is 0 Å². The largest absolute Gasteiger partial charge is 0.214 e. The predicted molar refractivity (Wildman–Crippen MR) is 40.2 cm³/mol. The molecule has 0 nitrogen and oxygen atoms in total. The Hall–Kier alpha value is 0.644. The summed E-state index contributed by atoms with van der Waals surface area (Å²) < 4.78 is 0. The van der Waals surface area contributed by atoms with Crippen molar-refractivity contribution in [3.8, 4) is 0 Å². The van der Waals surface area contributed by atoms with Crippen LogP contribution in [-0.2, 0) is 17.0 Å². The van der Waals surface area contributed by atoms with Crippen LogP contribution < -0.4 is 0 Å². The molecule has 0 fully saturated rings. The quantitative estimate of drug-likeness (QED) is 0.444. The summed E-state index contributed by atoms with van der Waals surface area (Å²) in [5.41, 5.74) is 0. The molecule has 52 valence electrons. The maximum atomic E-state index is 4.89. The molecule has 0 saturated heterocycles. The van der Waals surface area contributed by atoms with Crippen molar-refractivity contribution >= 4 is 18.6 Å². The fraction of sp³-hybridized carbons (Fsp3) is 0. The van der Waals surface area contributed by atoms with Gasteiger partial charge in [0.05, 0.1) is 0 Å². The maximum Gasteiger partial charge on any atom is -0.172 e. The van der Waals surface area contributed by atoms with Crippen molar-refractivity contribution in [3.63, 3.8) is 0 Å². The Balaban J connectivity index is 0. The van der Waals surface area contributed by atoms with E-state index in [1.807, 2.05) is 30.3 Å². The van der Waals surface area contributed by atoms with Crippen LogP contribution in [0.4, 0.5) is 0 Å². The van der Waals surface area contributed by atoms with Gasteiger partial charge in [-0.25, -0.2) is 12.1 Å². The topological polar surface area (TPSA) is 0 Å². The predicted octanol–water partition coefficient (Wildman–Crippen LogP) is 3.23. The molecule has 0 aliphatic rings. The van der Waals surface area contributed by atoms with Gasteiger partial charge in [0.15, 0.2) is 0 Å². The Bertz CT molecular complexity index is 78.0. The smallest absolute Gasteiger partial charge is 0.172 e. The molecule has 9 heavy (non-hydrogen) atoms. The molecule has 1 aromatic carbocycles. The van der Waals surface area contributed by atoms with Crippen molar-refractivity contribution in [3.05, 3.63) is 37.8 Å². The molecule has 0 aliphatic carbocycles. The zero-order valence-corrected chi connectivity index (χ0v) is 8.22. The van der Waals surface area contributed by atoms with Crippen molar-refractivity contribution in [1.29, 1.82) is 0 Å². The van der Waals surface area contributed by atoms with E-state index in [0.29, 0.717) is 0 Å². The van der Waals surface area contributed by atoms with Crippen LogP contribution >= 0.6 is 18.6 Å². The van der Waals surface area contributed by atoms with Gasteiger partial charge in [-0.2, -0.15) is 18.2 Å². The molecule has 1 aromatic rings. The maximum absolute atomic E-state index is 4.89. The first-order valence-electron chi connectivity index (χ1n) is 2.04. The van der Waals surface area contributed by atoms with E-state index in [1.54, 1.807) is 0 Å². The summed E-state index contributed by atoms with van der Waals surface area (Å²) in [6.45, 7) is 0. The zero-order chi connectivity index (χ0) is 6.24. The molecular weight excluding hydrogens is 191 g/mol. The summed E-state index contributed by atoms with van der Waals surface area (Å²) >= 11 is -0.556. The summed E-state index contributed by atoms with van der Waals surface area (Å²) in [5, 5.41) is 0. The van der Waals surface area contributed by atoms with E-state index >= 15 is 0 Å². The molecule has 0 N–H and O–H groups in total.